The average molecular weight is 300 g/mol. The third-order valence-electron chi connectivity index (χ3n) is 1.95. The maximum Gasteiger partial charge on any atom is 0.401 e. The van der Waals surface area contributed by atoms with E-state index in [-0.39, 0.29) is 0 Å². The van der Waals surface area contributed by atoms with E-state index in [1.54, 1.807) is 20.8 Å². The summed E-state index contributed by atoms with van der Waals surface area (Å²) in [6.45, 7) is 1.99. The molecule has 0 aromatic carbocycles. The Bertz CT molecular complexity index is 353. The molecular formula is C11H19F3N2O4. The molecule has 118 valence electrons. The van der Waals surface area contributed by atoms with Gasteiger partial charge in [0.25, 0.3) is 0 Å². The van der Waals surface area contributed by atoms with Crippen molar-refractivity contribution in [3.05, 3.63) is 0 Å². The van der Waals surface area contributed by atoms with E-state index in [2.05, 4.69) is 0 Å². The molecule has 0 aliphatic rings. The normalized spacial score (nSPS) is 14.2. The molecule has 0 aliphatic heterocycles. The zero-order valence-corrected chi connectivity index (χ0v) is 11.5. The first-order valence-electron chi connectivity index (χ1n) is 5.79. The summed E-state index contributed by atoms with van der Waals surface area (Å²) in [5.41, 5.74) is 4.34. The molecule has 0 saturated heterocycles. The Morgan fingerprint density at radius 3 is 2.15 bits per heavy atom. The van der Waals surface area contributed by atoms with Crippen molar-refractivity contribution < 1.29 is 32.6 Å². The number of hydrogen-bond acceptors (Lipinski definition) is 5. The quantitative estimate of drug-likeness (QED) is 0.698. The van der Waals surface area contributed by atoms with Gasteiger partial charge in [-0.3, -0.25) is 14.5 Å². The number of carboxylic acids is 1. The SMILES string of the molecule is CC(C)(C)OC(=O)CN(C[C@H](N)C(=O)O)CC(F)(F)F. The van der Waals surface area contributed by atoms with Gasteiger partial charge in [0.1, 0.15) is 11.6 Å². The predicted octanol–water partition coefficient (Wildman–Crippen LogP) is 0.604. The van der Waals surface area contributed by atoms with E-state index in [0.717, 1.165) is 0 Å². The standard InChI is InChI=1S/C11H19F3N2O4/c1-10(2,3)20-8(17)5-16(6-11(12,13)14)4-7(15)9(18)19/h7H,4-6,15H2,1-3H3,(H,18,19)/t7-/m0/s1. The number of carboxylic acid groups (broad SMARTS) is 1. The van der Waals surface area contributed by atoms with Gasteiger partial charge in [0, 0.05) is 6.54 Å². The number of rotatable bonds is 6. The van der Waals surface area contributed by atoms with Crippen molar-refractivity contribution in [2.45, 2.75) is 38.6 Å². The van der Waals surface area contributed by atoms with Crippen molar-refractivity contribution in [2.75, 3.05) is 19.6 Å². The molecule has 0 aromatic rings. The summed E-state index contributed by atoms with van der Waals surface area (Å²) in [5.74, 6) is -2.32. The van der Waals surface area contributed by atoms with E-state index >= 15 is 0 Å². The molecule has 6 nitrogen and oxygen atoms in total. The van der Waals surface area contributed by atoms with Crippen LogP contribution in [0.15, 0.2) is 0 Å². The minimum absolute atomic E-state index is 0.603. The van der Waals surface area contributed by atoms with Crippen LogP contribution in [0.3, 0.4) is 0 Å². The van der Waals surface area contributed by atoms with Crippen LogP contribution in [-0.2, 0) is 14.3 Å². The van der Waals surface area contributed by atoms with E-state index in [4.69, 9.17) is 15.6 Å². The van der Waals surface area contributed by atoms with Crippen LogP contribution in [0.1, 0.15) is 20.8 Å². The monoisotopic (exact) mass is 300 g/mol. The Morgan fingerprint density at radius 1 is 1.30 bits per heavy atom. The van der Waals surface area contributed by atoms with Crippen LogP contribution >= 0.6 is 0 Å². The highest BCUT2D eigenvalue weighted by Crippen LogP contribution is 2.17. The second-order valence-corrected chi connectivity index (χ2v) is 5.32. The molecular weight excluding hydrogens is 281 g/mol. The number of halogens is 3. The average Bonchev–Trinajstić information content (AvgIpc) is 2.10. The lowest BCUT2D eigenvalue weighted by atomic mass is 10.2. The number of carbonyl (C=O) groups excluding carboxylic acids is 1. The summed E-state index contributed by atoms with van der Waals surface area (Å²) in [6.07, 6.45) is -4.57. The molecule has 20 heavy (non-hydrogen) atoms. The van der Waals surface area contributed by atoms with Gasteiger partial charge < -0.3 is 15.6 Å². The van der Waals surface area contributed by atoms with Crippen molar-refractivity contribution in [1.82, 2.24) is 4.90 Å². The van der Waals surface area contributed by atoms with Crippen molar-refractivity contribution in [1.29, 1.82) is 0 Å². The molecule has 0 spiro atoms. The van der Waals surface area contributed by atoms with Gasteiger partial charge >= 0.3 is 18.1 Å². The number of carbonyl (C=O) groups is 2. The zero-order chi connectivity index (χ0) is 16.1. The van der Waals surface area contributed by atoms with Crippen LogP contribution in [0, 0.1) is 0 Å². The van der Waals surface area contributed by atoms with Gasteiger partial charge in [0.2, 0.25) is 0 Å². The highest BCUT2D eigenvalue weighted by molar-refractivity contribution is 5.74. The second-order valence-electron chi connectivity index (χ2n) is 5.32. The Labute approximate surface area is 114 Å². The molecule has 0 aliphatic carbocycles. The molecule has 0 saturated carbocycles. The molecule has 0 rings (SSSR count). The number of hydrogen-bond donors (Lipinski definition) is 2. The Balaban J connectivity index is 4.69. The summed E-state index contributed by atoms with van der Waals surface area (Å²) >= 11 is 0. The van der Waals surface area contributed by atoms with Crippen LogP contribution in [-0.4, -0.2) is 59.4 Å². The van der Waals surface area contributed by atoms with Crippen LogP contribution in [0.5, 0.6) is 0 Å². The zero-order valence-electron chi connectivity index (χ0n) is 11.5. The van der Waals surface area contributed by atoms with Gasteiger partial charge in [-0.2, -0.15) is 13.2 Å². The van der Waals surface area contributed by atoms with E-state index < -0.39 is 49.4 Å². The Kier molecular flexibility index (Phi) is 6.42. The smallest absolute Gasteiger partial charge is 0.401 e. The lowest BCUT2D eigenvalue weighted by molar-refractivity contribution is -0.165. The van der Waals surface area contributed by atoms with Gasteiger partial charge in [-0.15, -0.1) is 0 Å². The fourth-order valence-electron chi connectivity index (χ4n) is 1.35. The molecule has 0 bridgehead atoms. The van der Waals surface area contributed by atoms with Crippen molar-refractivity contribution in [3.63, 3.8) is 0 Å². The molecule has 0 fully saturated rings. The number of ether oxygens (including phenoxy) is 1. The van der Waals surface area contributed by atoms with E-state index in [1.165, 1.54) is 0 Å². The highest BCUT2D eigenvalue weighted by Gasteiger charge is 2.33. The topological polar surface area (TPSA) is 92.9 Å². The first-order chi connectivity index (χ1) is 8.80. The number of alkyl halides is 3. The summed E-state index contributed by atoms with van der Waals surface area (Å²) < 4.78 is 42.0. The molecule has 0 unspecified atom stereocenters. The predicted molar refractivity (Wildman–Crippen MR) is 64.0 cm³/mol. The van der Waals surface area contributed by atoms with Gasteiger partial charge in [-0.25, -0.2) is 0 Å². The molecule has 3 N–H and O–H groups in total. The third-order valence-corrected chi connectivity index (χ3v) is 1.95. The van der Waals surface area contributed by atoms with Crippen molar-refractivity contribution >= 4 is 11.9 Å². The maximum atomic E-state index is 12.4. The van der Waals surface area contributed by atoms with Crippen LogP contribution in [0.25, 0.3) is 0 Å². The first-order valence-corrected chi connectivity index (χ1v) is 5.79. The number of aliphatic carboxylic acids is 1. The summed E-state index contributed by atoms with van der Waals surface area (Å²) in [5, 5.41) is 8.60. The molecule has 9 heteroatoms. The van der Waals surface area contributed by atoms with Gasteiger partial charge in [0.15, 0.2) is 0 Å². The highest BCUT2D eigenvalue weighted by atomic mass is 19.4. The van der Waals surface area contributed by atoms with Gasteiger partial charge in [0.05, 0.1) is 13.1 Å². The van der Waals surface area contributed by atoms with E-state index in [1.807, 2.05) is 0 Å². The largest absolute Gasteiger partial charge is 0.480 e. The van der Waals surface area contributed by atoms with Crippen LogP contribution in [0.4, 0.5) is 13.2 Å². The summed E-state index contributed by atoms with van der Waals surface area (Å²) in [7, 11) is 0. The van der Waals surface area contributed by atoms with Crippen LogP contribution in [0.2, 0.25) is 0 Å². The summed E-state index contributed by atoms with van der Waals surface area (Å²) in [4.78, 5) is 22.7. The fraction of sp³-hybridized carbons (Fsp3) is 0.818. The van der Waals surface area contributed by atoms with E-state index in [0.29, 0.717) is 4.90 Å². The molecule has 0 amide bonds. The van der Waals surface area contributed by atoms with Gasteiger partial charge in [-0.1, -0.05) is 0 Å². The Hall–Kier alpha value is -1.35. The van der Waals surface area contributed by atoms with Crippen LogP contribution < -0.4 is 5.73 Å². The number of nitrogens with zero attached hydrogens (tertiary/aromatic N) is 1. The lowest BCUT2D eigenvalue weighted by Gasteiger charge is -2.26. The lowest BCUT2D eigenvalue weighted by Crippen LogP contribution is -2.48. The molecule has 0 aromatic heterocycles. The second kappa shape index (κ2) is 6.89. The maximum absolute atomic E-state index is 12.4. The molecule has 1 atom stereocenters. The third kappa shape index (κ3) is 9.56. The summed E-state index contributed by atoms with van der Waals surface area (Å²) in [6, 6.07) is -1.51. The molecule has 0 radical (unpaired) electrons. The van der Waals surface area contributed by atoms with Crippen molar-refractivity contribution in [2.24, 2.45) is 5.73 Å². The van der Waals surface area contributed by atoms with Gasteiger partial charge in [-0.05, 0) is 20.8 Å². The first kappa shape index (κ1) is 18.7. The Morgan fingerprint density at radius 2 is 1.80 bits per heavy atom. The fourth-order valence-corrected chi connectivity index (χ4v) is 1.35. The van der Waals surface area contributed by atoms with Crippen molar-refractivity contribution in [3.8, 4) is 0 Å². The van der Waals surface area contributed by atoms with E-state index in [9.17, 15) is 22.8 Å². The molecule has 0 heterocycles. The minimum atomic E-state index is -4.57. The number of nitrogens with two attached hydrogens (primary N) is 1. The minimum Gasteiger partial charge on any atom is -0.480 e. The number of esters is 1.